The number of nitro groups is 2. The summed E-state index contributed by atoms with van der Waals surface area (Å²) in [7, 11) is 0. The van der Waals surface area contributed by atoms with Crippen LogP contribution in [0.15, 0.2) is 66.1 Å². The molecule has 19 nitrogen and oxygen atoms in total. The third-order valence-corrected chi connectivity index (χ3v) is 10.4. The number of aryl methyl sites for hydroxylation is 2. The van der Waals surface area contributed by atoms with Gasteiger partial charge in [-0.3, -0.25) is 9.13 Å². The topological polar surface area (TPSA) is 211 Å². The number of fused-ring (bicyclic) bond motifs is 2. The van der Waals surface area contributed by atoms with Crippen LogP contribution in [0, 0.1) is 34.1 Å². The van der Waals surface area contributed by atoms with E-state index in [0.29, 0.717) is 45.0 Å². The first-order valence-corrected chi connectivity index (χ1v) is 18.4. The molecule has 0 aliphatic carbocycles. The average Bonchev–Trinajstić information content (AvgIpc) is 3.97. The second-order valence-corrected chi connectivity index (χ2v) is 15.3. The van der Waals surface area contributed by atoms with Crippen LogP contribution in [0.5, 0.6) is 17.8 Å². The molecular weight excluding hydrogens is 733 g/mol. The van der Waals surface area contributed by atoms with E-state index in [0.717, 1.165) is 44.3 Å². The van der Waals surface area contributed by atoms with E-state index in [1.807, 2.05) is 32.3 Å². The fourth-order valence-corrected chi connectivity index (χ4v) is 7.74. The van der Waals surface area contributed by atoms with E-state index >= 15 is 0 Å². The van der Waals surface area contributed by atoms with Crippen molar-refractivity contribution in [1.82, 2.24) is 49.1 Å². The molecule has 6 aromatic rings. The molecule has 0 bridgehead atoms. The zero-order valence-corrected chi connectivity index (χ0v) is 31.2. The van der Waals surface area contributed by atoms with E-state index in [9.17, 15) is 20.2 Å². The van der Waals surface area contributed by atoms with Gasteiger partial charge in [-0.1, -0.05) is 34.2 Å². The van der Waals surface area contributed by atoms with Gasteiger partial charge in [-0.2, -0.15) is 0 Å². The second-order valence-electron chi connectivity index (χ2n) is 14.3. The number of benzene rings is 2. The van der Waals surface area contributed by atoms with E-state index in [1.54, 1.807) is 30.3 Å². The molecule has 284 valence electrons. The molecule has 0 fully saturated rings. The van der Waals surface area contributed by atoms with Crippen LogP contribution in [0.4, 0.5) is 11.6 Å². The standard InChI is InChI=1S/C35H36N12O7S/c1-22-5-8-29(55-17-25-14-45(41-39-25)21-35(4)19-43-16-31(47(50)51)37-33(43)54-35)28(11-22)27-12-26(7-6-23(27)2)52-10-9-24-13-44(40-38-24)20-34(3)18-42-15-30(46(48)49)36-32(42)53-34/h5-8,11-16H,9-10,17-21H2,1-4H3/t34-,35-/m1/s1. The molecule has 8 rings (SSSR count). The van der Waals surface area contributed by atoms with Crippen LogP contribution in [-0.2, 0) is 38.4 Å². The number of rotatable bonds is 14. The lowest BCUT2D eigenvalue weighted by atomic mass is 9.98. The van der Waals surface area contributed by atoms with Crippen LogP contribution in [0.3, 0.4) is 0 Å². The van der Waals surface area contributed by atoms with Gasteiger partial charge in [-0.15, -0.1) is 22.0 Å². The monoisotopic (exact) mass is 768 g/mol. The van der Waals surface area contributed by atoms with E-state index < -0.39 is 21.0 Å². The molecule has 20 heteroatoms. The van der Waals surface area contributed by atoms with Crippen molar-refractivity contribution in [2.24, 2.45) is 0 Å². The van der Waals surface area contributed by atoms with Crippen molar-refractivity contribution in [1.29, 1.82) is 0 Å². The molecular formula is C35H36N12O7S. The van der Waals surface area contributed by atoms with Crippen LogP contribution < -0.4 is 14.2 Å². The van der Waals surface area contributed by atoms with E-state index in [4.69, 9.17) is 14.2 Å². The predicted molar refractivity (Wildman–Crippen MR) is 196 cm³/mol. The fraction of sp³-hybridized carbons (Fsp3) is 0.371. The third kappa shape index (κ3) is 7.57. The quantitative estimate of drug-likeness (QED) is 0.0813. The Balaban J connectivity index is 0.869. The lowest BCUT2D eigenvalue weighted by Crippen LogP contribution is -2.36. The van der Waals surface area contributed by atoms with Gasteiger partial charge >= 0.3 is 23.7 Å². The molecule has 0 unspecified atom stereocenters. The normalized spacial score (nSPS) is 18.5. The number of hydrogen-bond donors (Lipinski definition) is 0. The number of hydrogen-bond acceptors (Lipinski definition) is 14. The van der Waals surface area contributed by atoms with Crippen molar-refractivity contribution in [2.45, 2.75) is 82.1 Å². The average molecular weight is 769 g/mol. The number of ether oxygens (including phenoxy) is 3. The number of imidazole rings is 2. The van der Waals surface area contributed by atoms with Crippen molar-refractivity contribution in [2.75, 3.05) is 6.61 Å². The van der Waals surface area contributed by atoms with Gasteiger partial charge in [0.25, 0.3) is 0 Å². The smallest absolute Gasteiger partial charge is 0.415 e. The van der Waals surface area contributed by atoms with Crippen LogP contribution in [0.2, 0.25) is 0 Å². The van der Waals surface area contributed by atoms with Gasteiger partial charge in [0.05, 0.1) is 44.2 Å². The fourth-order valence-electron chi connectivity index (χ4n) is 6.81. The van der Waals surface area contributed by atoms with Gasteiger partial charge in [0.15, 0.2) is 0 Å². The summed E-state index contributed by atoms with van der Waals surface area (Å²) in [5.41, 5.74) is 4.64. The maximum atomic E-state index is 11.1. The van der Waals surface area contributed by atoms with Crippen molar-refractivity contribution < 1.29 is 24.1 Å². The SMILES string of the molecule is Cc1ccc(SCc2cn(C[C@@]3(C)Cn4cc([N+](=O)[O-])nc4O3)nn2)c(-c2cc(OCCc3cn(C[C@@]4(C)Cn5cc([N+](=O)[O-])nc5O4)nn3)ccc2C)c1. The van der Waals surface area contributed by atoms with Gasteiger partial charge < -0.3 is 34.4 Å². The van der Waals surface area contributed by atoms with Crippen LogP contribution in [0.25, 0.3) is 11.1 Å². The Labute approximate surface area is 317 Å². The van der Waals surface area contributed by atoms with E-state index in [1.165, 1.54) is 12.4 Å². The summed E-state index contributed by atoms with van der Waals surface area (Å²) in [6, 6.07) is 12.9. The summed E-state index contributed by atoms with van der Waals surface area (Å²) in [4.78, 5) is 30.0. The first-order chi connectivity index (χ1) is 26.3. The zero-order valence-electron chi connectivity index (χ0n) is 30.4. The molecule has 0 N–H and O–H groups in total. The molecule has 0 saturated carbocycles. The van der Waals surface area contributed by atoms with Gasteiger partial charge in [0, 0.05) is 39.4 Å². The Bertz CT molecular complexity index is 2390. The predicted octanol–water partition coefficient (Wildman–Crippen LogP) is 4.98. The first kappa shape index (κ1) is 35.7. The molecule has 6 heterocycles. The maximum absolute atomic E-state index is 11.1. The Morgan fingerprint density at radius 1 is 0.800 bits per heavy atom. The summed E-state index contributed by atoms with van der Waals surface area (Å²) < 4.78 is 24.8. The van der Waals surface area contributed by atoms with Gasteiger partial charge in [0.1, 0.15) is 29.3 Å². The zero-order chi connectivity index (χ0) is 38.5. The summed E-state index contributed by atoms with van der Waals surface area (Å²) in [5, 5.41) is 39.4. The van der Waals surface area contributed by atoms with E-state index in [2.05, 4.69) is 74.8 Å². The highest BCUT2D eigenvalue weighted by molar-refractivity contribution is 7.98. The minimum absolute atomic E-state index is 0.219. The Kier molecular flexibility index (Phi) is 8.98. The molecule has 0 amide bonds. The van der Waals surface area contributed by atoms with Crippen LogP contribution >= 0.6 is 11.8 Å². The third-order valence-electron chi connectivity index (χ3n) is 9.32. The summed E-state index contributed by atoms with van der Waals surface area (Å²) >= 11 is 1.67. The molecule has 2 aliphatic rings. The molecule has 2 aromatic carbocycles. The minimum atomic E-state index is -0.672. The lowest BCUT2D eigenvalue weighted by Gasteiger charge is -2.21. The van der Waals surface area contributed by atoms with E-state index in [-0.39, 0.29) is 23.7 Å². The number of nitrogens with zero attached hydrogens (tertiary/aromatic N) is 12. The largest absolute Gasteiger partial charge is 0.493 e. The molecule has 2 aliphatic heterocycles. The summed E-state index contributed by atoms with van der Waals surface area (Å²) in [6.07, 6.45) is 7.05. The van der Waals surface area contributed by atoms with Crippen molar-refractivity contribution in [3.05, 3.63) is 104 Å². The second kappa shape index (κ2) is 13.8. The molecule has 0 radical (unpaired) electrons. The maximum Gasteiger partial charge on any atom is 0.415 e. The van der Waals surface area contributed by atoms with Crippen molar-refractivity contribution >= 4 is 23.4 Å². The van der Waals surface area contributed by atoms with Gasteiger partial charge in [-0.05, 0) is 72.4 Å². The summed E-state index contributed by atoms with van der Waals surface area (Å²) in [6.45, 7) is 9.98. The molecule has 2 atom stereocenters. The first-order valence-electron chi connectivity index (χ1n) is 17.4. The minimum Gasteiger partial charge on any atom is -0.493 e. The number of thioether (sulfide) groups is 1. The van der Waals surface area contributed by atoms with Crippen LogP contribution in [-0.4, -0.2) is 76.7 Å². The number of aromatic nitrogens is 10. The highest BCUT2D eigenvalue weighted by atomic mass is 32.2. The Morgan fingerprint density at radius 2 is 1.40 bits per heavy atom. The molecule has 0 saturated heterocycles. The van der Waals surface area contributed by atoms with Gasteiger partial charge in [-0.25, -0.2) is 9.36 Å². The highest BCUT2D eigenvalue weighted by Gasteiger charge is 2.42. The van der Waals surface area contributed by atoms with Crippen LogP contribution in [0.1, 0.15) is 36.4 Å². The molecule has 4 aromatic heterocycles. The Morgan fingerprint density at radius 3 is 2.00 bits per heavy atom. The lowest BCUT2D eigenvalue weighted by molar-refractivity contribution is -0.389. The van der Waals surface area contributed by atoms with Crippen molar-refractivity contribution in [3.63, 3.8) is 0 Å². The molecule has 55 heavy (non-hydrogen) atoms. The van der Waals surface area contributed by atoms with Crippen molar-refractivity contribution in [3.8, 4) is 28.9 Å². The molecule has 0 spiro atoms. The highest BCUT2D eigenvalue weighted by Crippen LogP contribution is 2.38. The summed E-state index contributed by atoms with van der Waals surface area (Å²) in [5.74, 6) is 0.852. The Hall–Kier alpha value is -6.31. The van der Waals surface area contributed by atoms with Gasteiger partial charge in [0.2, 0.25) is 0 Å².